The van der Waals surface area contributed by atoms with Gasteiger partial charge in [-0.3, -0.25) is 4.79 Å². The molecule has 5 nitrogen and oxygen atoms in total. The topological polar surface area (TPSA) is 56.8 Å². The van der Waals surface area contributed by atoms with Crippen molar-refractivity contribution in [3.05, 3.63) is 58.1 Å². The zero-order valence-electron chi connectivity index (χ0n) is 14.3. The number of carbonyl (C=O) groups excluding carboxylic acids is 1. The molecular weight excluding hydrogens is 386 g/mol. The molecule has 0 fully saturated rings. The van der Waals surface area contributed by atoms with E-state index in [4.69, 9.17) is 14.2 Å². The highest BCUT2D eigenvalue weighted by Gasteiger charge is 2.06. The minimum Gasteiger partial charge on any atom is -0.496 e. The fourth-order valence-corrected chi connectivity index (χ4v) is 2.62. The van der Waals surface area contributed by atoms with Crippen LogP contribution in [0.3, 0.4) is 0 Å². The first-order valence-electron chi connectivity index (χ1n) is 7.57. The largest absolute Gasteiger partial charge is 0.496 e. The average Bonchev–Trinajstić information content (AvgIpc) is 2.64. The van der Waals surface area contributed by atoms with Crippen LogP contribution in [0.1, 0.15) is 11.1 Å². The molecular formula is C19H20BrNO4. The number of nitrogens with one attached hydrogen (secondary N) is 1. The molecule has 2 rings (SSSR count). The van der Waals surface area contributed by atoms with Gasteiger partial charge in [-0.15, -0.1) is 0 Å². The molecule has 0 unspecified atom stereocenters. The molecule has 0 aliphatic rings. The number of halogens is 1. The number of rotatable bonds is 7. The van der Waals surface area contributed by atoms with Gasteiger partial charge in [0.15, 0.2) is 11.5 Å². The van der Waals surface area contributed by atoms with Gasteiger partial charge in [-0.2, -0.15) is 0 Å². The van der Waals surface area contributed by atoms with Crippen molar-refractivity contribution in [2.45, 2.75) is 6.54 Å². The Morgan fingerprint density at radius 2 is 1.68 bits per heavy atom. The highest BCUT2D eigenvalue weighted by molar-refractivity contribution is 9.10. The Bertz CT molecular complexity index is 774. The van der Waals surface area contributed by atoms with Crippen molar-refractivity contribution in [1.82, 2.24) is 5.32 Å². The van der Waals surface area contributed by atoms with Gasteiger partial charge in [0.05, 0.1) is 21.3 Å². The van der Waals surface area contributed by atoms with Gasteiger partial charge in [0.25, 0.3) is 0 Å². The van der Waals surface area contributed by atoms with Gasteiger partial charge >= 0.3 is 0 Å². The lowest BCUT2D eigenvalue weighted by Crippen LogP contribution is -2.20. The lowest BCUT2D eigenvalue weighted by Gasteiger charge is -2.10. The molecule has 0 saturated carbocycles. The smallest absolute Gasteiger partial charge is 0.244 e. The molecule has 6 heteroatoms. The van der Waals surface area contributed by atoms with Gasteiger partial charge in [0, 0.05) is 22.7 Å². The Labute approximate surface area is 155 Å². The zero-order chi connectivity index (χ0) is 18.2. The summed E-state index contributed by atoms with van der Waals surface area (Å²) in [5.74, 6) is 1.78. The van der Waals surface area contributed by atoms with Gasteiger partial charge in [0.2, 0.25) is 5.91 Å². The summed E-state index contributed by atoms with van der Waals surface area (Å²) in [5, 5.41) is 2.84. The first-order chi connectivity index (χ1) is 12.1. The SMILES string of the molecule is COc1ccc(Br)cc1/C=C/C(=O)NCc1ccc(OC)c(OC)c1. The number of carbonyl (C=O) groups is 1. The van der Waals surface area contributed by atoms with Gasteiger partial charge in [0.1, 0.15) is 5.75 Å². The summed E-state index contributed by atoms with van der Waals surface area (Å²) in [6, 6.07) is 11.1. The predicted molar refractivity (Wildman–Crippen MR) is 101 cm³/mol. The van der Waals surface area contributed by atoms with Crippen molar-refractivity contribution in [2.75, 3.05) is 21.3 Å². The minimum atomic E-state index is -0.197. The molecule has 0 saturated heterocycles. The van der Waals surface area contributed by atoms with E-state index in [1.165, 1.54) is 6.08 Å². The van der Waals surface area contributed by atoms with Gasteiger partial charge < -0.3 is 19.5 Å². The zero-order valence-corrected chi connectivity index (χ0v) is 15.9. The van der Waals surface area contributed by atoms with Crippen LogP contribution in [0.5, 0.6) is 17.2 Å². The average molecular weight is 406 g/mol. The third kappa shape index (κ3) is 5.26. The lowest BCUT2D eigenvalue weighted by molar-refractivity contribution is -0.116. The van der Waals surface area contributed by atoms with Gasteiger partial charge in [-0.25, -0.2) is 0 Å². The Balaban J connectivity index is 2.00. The molecule has 0 heterocycles. The molecule has 0 aliphatic heterocycles. The van der Waals surface area contributed by atoms with Crippen LogP contribution >= 0.6 is 15.9 Å². The van der Waals surface area contributed by atoms with Crippen molar-refractivity contribution >= 4 is 27.9 Å². The summed E-state index contributed by atoms with van der Waals surface area (Å²) in [4.78, 5) is 12.0. The molecule has 0 spiro atoms. The van der Waals surface area contributed by atoms with Gasteiger partial charge in [-0.05, 0) is 42.0 Å². The first-order valence-corrected chi connectivity index (χ1v) is 8.37. The molecule has 0 radical (unpaired) electrons. The van der Waals surface area contributed by atoms with Crippen LogP contribution in [0.2, 0.25) is 0 Å². The molecule has 0 aliphatic carbocycles. The predicted octanol–water partition coefficient (Wildman–Crippen LogP) is 3.80. The maximum Gasteiger partial charge on any atom is 0.244 e. The van der Waals surface area contributed by atoms with E-state index in [0.717, 1.165) is 15.6 Å². The second-order valence-electron chi connectivity index (χ2n) is 5.13. The van der Waals surface area contributed by atoms with Crippen molar-refractivity contribution in [3.63, 3.8) is 0 Å². The highest BCUT2D eigenvalue weighted by Crippen LogP contribution is 2.27. The minimum absolute atomic E-state index is 0.197. The van der Waals surface area contributed by atoms with E-state index in [2.05, 4.69) is 21.2 Å². The summed E-state index contributed by atoms with van der Waals surface area (Å²) in [7, 11) is 4.76. The molecule has 0 bridgehead atoms. The van der Waals surface area contributed by atoms with Crippen LogP contribution in [0.25, 0.3) is 6.08 Å². The van der Waals surface area contributed by atoms with Crippen molar-refractivity contribution < 1.29 is 19.0 Å². The second-order valence-corrected chi connectivity index (χ2v) is 6.04. The van der Waals surface area contributed by atoms with E-state index >= 15 is 0 Å². The normalized spacial score (nSPS) is 10.6. The number of methoxy groups -OCH3 is 3. The van der Waals surface area contributed by atoms with E-state index in [0.29, 0.717) is 23.8 Å². The van der Waals surface area contributed by atoms with E-state index in [-0.39, 0.29) is 5.91 Å². The Morgan fingerprint density at radius 3 is 2.36 bits per heavy atom. The molecule has 0 atom stereocenters. The molecule has 0 aromatic heterocycles. The molecule has 1 N–H and O–H groups in total. The van der Waals surface area contributed by atoms with Crippen LogP contribution in [-0.4, -0.2) is 27.2 Å². The number of hydrogen-bond donors (Lipinski definition) is 1. The number of ether oxygens (including phenoxy) is 3. The molecule has 132 valence electrons. The van der Waals surface area contributed by atoms with E-state index in [1.54, 1.807) is 27.4 Å². The second kappa shape index (κ2) is 9.13. The summed E-state index contributed by atoms with van der Waals surface area (Å²) in [6.07, 6.45) is 3.19. The summed E-state index contributed by atoms with van der Waals surface area (Å²) in [6.45, 7) is 0.388. The van der Waals surface area contributed by atoms with Crippen LogP contribution in [-0.2, 0) is 11.3 Å². The summed E-state index contributed by atoms with van der Waals surface area (Å²) >= 11 is 3.41. The lowest BCUT2D eigenvalue weighted by atomic mass is 10.2. The highest BCUT2D eigenvalue weighted by atomic mass is 79.9. The standard InChI is InChI=1S/C19H20BrNO4/c1-23-16-8-6-15(20)11-14(16)5-9-19(22)21-12-13-4-7-17(24-2)18(10-13)25-3/h4-11H,12H2,1-3H3,(H,21,22)/b9-5+. The monoisotopic (exact) mass is 405 g/mol. The molecule has 1 amide bonds. The van der Waals surface area contributed by atoms with Crippen molar-refractivity contribution in [3.8, 4) is 17.2 Å². The fraction of sp³-hybridized carbons (Fsp3) is 0.211. The maximum absolute atomic E-state index is 12.0. The Kier molecular flexibility index (Phi) is 6.89. The van der Waals surface area contributed by atoms with Crippen molar-refractivity contribution in [1.29, 1.82) is 0 Å². The van der Waals surface area contributed by atoms with Crippen LogP contribution in [0.15, 0.2) is 46.9 Å². The van der Waals surface area contributed by atoms with E-state index in [1.807, 2.05) is 36.4 Å². The first kappa shape index (κ1) is 18.9. The van der Waals surface area contributed by atoms with Crippen LogP contribution < -0.4 is 19.5 Å². The van der Waals surface area contributed by atoms with Crippen LogP contribution in [0, 0.1) is 0 Å². The number of amides is 1. The fourth-order valence-electron chi connectivity index (χ4n) is 2.24. The number of benzene rings is 2. The van der Waals surface area contributed by atoms with Crippen molar-refractivity contribution in [2.24, 2.45) is 0 Å². The maximum atomic E-state index is 12.0. The van der Waals surface area contributed by atoms with Gasteiger partial charge in [-0.1, -0.05) is 22.0 Å². The summed E-state index contributed by atoms with van der Waals surface area (Å²) < 4.78 is 16.6. The summed E-state index contributed by atoms with van der Waals surface area (Å²) in [5.41, 5.74) is 1.73. The Morgan fingerprint density at radius 1 is 1.00 bits per heavy atom. The van der Waals surface area contributed by atoms with E-state index in [9.17, 15) is 4.79 Å². The number of hydrogen-bond acceptors (Lipinski definition) is 4. The van der Waals surface area contributed by atoms with E-state index < -0.39 is 0 Å². The molecule has 25 heavy (non-hydrogen) atoms. The quantitative estimate of drug-likeness (QED) is 0.711. The molecule has 2 aromatic carbocycles. The van der Waals surface area contributed by atoms with Crippen LogP contribution in [0.4, 0.5) is 0 Å². The third-order valence-corrected chi connectivity index (χ3v) is 4.01. The Hall–Kier alpha value is -2.47. The molecule has 2 aromatic rings. The third-order valence-electron chi connectivity index (χ3n) is 3.52.